The number of carbonyl (C=O) groups excluding carboxylic acids is 1. The zero-order chi connectivity index (χ0) is 18.6. The van der Waals surface area contributed by atoms with Crippen molar-refractivity contribution >= 4 is 27.5 Å². The lowest BCUT2D eigenvalue weighted by molar-refractivity contribution is 0.0954. The van der Waals surface area contributed by atoms with Crippen molar-refractivity contribution in [2.24, 2.45) is 0 Å². The summed E-state index contributed by atoms with van der Waals surface area (Å²) in [5, 5.41) is 3.01. The fourth-order valence-corrected chi connectivity index (χ4v) is 3.48. The van der Waals surface area contributed by atoms with Crippen molar-refractivity contribution in [3.8, 4) is 0 Å². The van der Waals surface area contributed by atoms with Crippen molar-refractivity contribution in [1.82, 2.24) is 9.62 Å². The van der Waals surface area contributed by atoms with Crippen molar-refractivity contribution in [2.75, 3.05) is 20.6 Å². The highest BCUT2D eigenvalue weighted by atomic mass is 35.5. The summed E-state index contributed by atoms with van der Waals surface area (Å²) in [7, 11) is -0.751. The zero-order valence-corrected chi connectivity index (χ0v) is 16.0. The Morgan fingerprint density at radius 1 is 1.16 bits per heavy atom. The highest BCUT2D eigenvalue weighted by molar-refractivity contribution is 7.89. The smallest absolute Gasteiger partial charge is 0.252 e. The van der Waals surface area contributed by atoms with Crippen LogP contribution in [0.2, 0.25) is 5.02 Å². The molecule has 0 aliphatic carbocycles. The molecular weight excluding hydrogens is 360 g/mol. The van der Waals surface area contributed by atoms with E-state index in [1.165, 1.54) is 32.3 Å². The summed E-state index contributed by atoms with van der Waals surface area (Å²) < 4.78 is 25.5. The summed E-state index contributed by atoms with van der Waals surface area (Å²) in [6.07, 6.45) is 0.686. The average molecular weight is 381 g/mol. The molecule has 0 atom stereocenters. The van der Waals surface area contributed by atoms with E-state index < -0.39 is 15.9 Å². The van der Waals surface area contributed by atoms with E-state index >= 15 is 0 Å². The van der Waals surface area contributed by atoms with Crippen molar-refractivity contribution in [2.45, 2.75) is 18.2 Å². The quantitative estimate of drug-likeness (QED) is 0.837. The van der Waals surface area contributed by atoms with E-state index in [-0.39, 0.29) is 15.5 Å². The van der Waals surface area contributed by atoms with E-state index in [0.717, 1.165) is 15.4 Å². The molecule has 7 heteroatoms. The first-order chi connectivity index (χ1) is 11.7. The van der Waals surface area contributed by atoms with E-state index in [4.69, 9.17) is 11.6 Å². The minimum Gasteiger partial charge on any atom is -0.352 e. The van der Waals surface area contributed by atoms with Gasteiger partial charge in [0.25, 0.3) is 5.91 Å². The Kier molecular flexibility index (Phi) is 6.21. The van der Waals surface area contributed by atoms with Gasteiger partial charge in [-0.3, -0.25) is 4.79 Å². The number of halogens is 1. The Morgan fingerprint density at radius 2 is 1.84 bits per heavy atom. The summed E-state index contributed by atoms with van der Waals surface area (Å²) in [5.74, 6) is -0.394. The summed E-state index contributed by atoms with van der Waals surface area (Å²) in [6, 6.07) is 12.1. The van der Waals surface area contributed by atoms with Crippen LogP contribution in [0.5, 0.6) is 0 Å². The molecule has 0 aliphatic heterocycles. The number of sulfonamides is 1. The van der Waals surface area contributed by atoms with Gasteiger partial charge in [0, 0.05) is 20.6 Å². The standard InChI is InChI=1S/C18H21ClN2O3S/c1-13-6-4-5-7-14(13)10-11-20-18(22)16-12-15(8-9-17(16)19)25(23,24)21(2)3/h4-9,12H,10-11H2,1-3H3,(H,20,22). The highest BCUT2D eigenvalue weighted by Gasteiger charge is 2.20. The Labute approximate surface area is 153 Å². The van der Waals surface area contributed by atoms with E-state index in [9.17, 15) is 13.2 Å². The molecule has 0 saturated carbocycles. The SMILES string of the molecule is Cc1ccccc1CCNC(=O)c1cc(S(=O)(=O)N(C)C)ccc1Cl. The van der Waals surface area contributed by atoms with Crippen molar-refractivity contribution in [3.63, 3.8) is 0 Å². The second kappa shape index (κ2) is 7.99. The molecule has 0 aromatic heterocycles. The summed E-state index contributed by atoms with van der Waals surface area (Å²) in [4.78, 5) is 12.4. The van der Waals surface area contributed by atoms with Crippen LogP contribution < -0.4 is 5.32 Å². The molecular formula is C18H21ClN2O3S. The molecule has 2 aromatic rings. The molecule has 1 amide bonds. The molecule has 0 fully saturated rings. The number of hydrogen-bond acceptors (Lipinski definition) is 3. The van der Waals surface area contributed by atoms with Gasteiger partial charge in [-0.2, -0.15) is 0 Å². The van der Waals surface area contributed by atoms with Crippen LogP contribution in [0.25, 0.3) is 0 Å². The van der Waals surface area contributed by atoms with Crippen LogP contribution in [0.15, 0.2) is 47.4 Å². The van der Waals surface area contributed by atoms with E-state index in [2.05, 4.69) is 5.32 Å². The van der Waals surface area contributed by atoms with Crippen LogP contribution >= 0.6 is 11.6 Å². The van der Waals surface area contributed by atoms with Crippen LogP contribution in [0, 0.1) is 6.92 Å². The molecule has 2 rings (SSSR count). The number of nitrogens with one attached hydrogen (secondary N) is 1. The number of amides is 1. The lowest BCUT2D eigenvalue weighted by Gasteiger charge is -2.13. The number of nitrogens with zero attached hydrogens (tertiary/aromatic N) is 1. The number of hydrogen-bond donors (Lipinski definition) is 1. The molecule has 25 heavy (non-hydrogen) atoms. The Bertz CT molecular complexity index is 880. The predicted molar refractivity (Wildman–Crippen MR) is 99.5 cm³/mol. The second-order valence-corrected chi connectivity index (χ2v) is 8.42. The van der Waals surface area contributed by atoms with Crippen LogP contribution in [0.4, 0.5) is 0 Å². The maximum absolute atomic E-state index is 12.4. The van der Waals surface area contributed by atoms with Crippen LogP contribution in [-0.4, -0.2) is 39.3 Å². The molecule has 0 radical (unpaired) electrons. The van der Waals surface area contributed by atoms with Crippen LogP contribution in [0.3, 0.4) is 0 Å². The van der Waals surface area contributed by atoms with E-state index in [1.54, 1.807) is 0 Å². The number of aryl methyl sites for hydroxylation is 1. The lowest BCUT2D eigenvalue weighted by atomic mass is 10.1. The van der Waals surface area contributed by atoms with Crippen molar-refractivity contribution in [1.29, 1.82) is 0 Å². The summed E-state index contributed by atoms with van der Waals surface area (Å²) in [5.41, 5.74) is 2.46. The second-order valence-electron chi connectivity index (χ2n) is 5.86. The molecule has 134 valence electrons. The number of benzene rings is 2. The molecule has 5 nitrogen and oxygen atoms in total. The Hall–Kier alpha value is -1.89. The van der Waals surface area contributed by atoms with E-state index in [0.29, 0.717) is 13.0 Å². The third kappa shape index (κ3) is 4.60. The van der Waals surface area contributed by atoms with Gasteiger partial charge in [-0.15, -0.1) is 0 Å². The van der Waals surface area contributed by atoms with Gasteiger partial charge in [0.1, 0.15) is 0 Å². The van der Waals surface area contributed by atoms with Gasteiger partial charge in [0.05, 0.1) is 15.5 Å². The van der Waals surface area contributed by atoms with Gasteiger partial charge in [-0.25, -0.2) is 12.7 Å². The fourth-order valence-electron chi connectivity index (χ4n) is 2.35. The third-order valence-corrected chi connectivity index (χ3v) is 6.04. The van der Waals surface area contributed by atoms with E-state index in [1.807, 2.05) is 31.2 Å². The first-order valence-electron chi connectivity index (χ1n) is 7.78. The van der Waals surface area contributed by atoms with Gasteiger partial charge >= 0.3 is 0 Å². The Morgan fingerprint density at radius 3 is 2.48 bits per heavy atom. The molecule has 0 bridgehead atoms. The minimum absolute atomic E-state index is 0.0333. The predicted octanol–water partition coefficient (Wildman–Crippen LogP) is 2.87. The maximum Gasteiger partial charge on any atom is 0.252 e. The van der Waals surface area contributed by atoms with Gasteiger partial charge in [0.2, 0.25) is 10.0 Å². The van der Waals surface area contributed by atoms with Crippen LogP contribution in [0.1, 0.15) is 21.5 Å². The topological polar surface area (TPSA) is 66.5 Å². The average Bonchev–Trinajstić information content (AvgIpc) is 2.56. The van der Waals surface area contributed by atoms with Crippen molar-refractivity contribution in [3.05, 3.63) is 64.2 Å². The maximum atomic E-state index is 12.4. The fraction of sp³-hybridized carbons (Fsp3) is 0.278. The van der Waals surface area contributed by atoms with Crippen LogP contribution in [-0.2, 0) is 16.4 Å². The third-order valence-electron chi connectivity index (χ3n) is 3.90. The monoisotopic (exact) mass is 380 g/mol. The largest absolute Gasteiger partial charge is 0.352 e. The molecule has 2 aromatic carbocycles. The summed E-state index contributed by atoms with van der Waals surface area (Å²) >= 11 is 6.07. The highest BCUT2D eigenvalue weighted by Crippen LogP contribution is 2.22. The first-order valence-corrected chi connectivity index (χ1v) is 9.60. The van der Waals surface area contributed by atoms with Crippen molar-refractivity contribution < 1.29 is 13.2 Å². The number of rotatable bonds is 6. The molecule has 0 heterocycles. The zero-order valence-electron chi connectivity index (χ0n) is 14.4. The van der Waals surface area contributed by atoms with Gasteiger partial charge in [0.15, 0.2) is 0 Å². The van der Waals surface area contributed by atoms with Gasteiger partial charge < -0.3 is 5.32 Å². The molecule has 0 saturated heterocycles. The Balaban J connectivity index is 2.13. The molecule has 0 aliphatic rings. The minimum atomic E-state index is -3.62. The van der Waals surface area contributed by atoms with Gasteiger partial charge in [-0.05, 0) is 42.7 Å². The first kappa shape index (κ1) is 19.4. The molecule has 1 N–H and O–H groups in total. The normalized spacial score (nSPS) is 11.6. The molecule has 0 spiro atoms. The van der Waals surface area contributed by atoms with Gasteiger partial charge in [-0.1, -0.05) is 35.9 Å². The number of carbonyl (C=O) groups is 1. The lowest BCUT2D eigenvalue weighted by Crippen LogP contribution is -2.27. The molecule has 0 unspecified atom stereocenters. The summed E-state index contributed by atoms with van der Waals surface area (Å²) in [6.45, 7) is 2.45.